The number of halogens is 1. The molecule has 8 heteroatoms. The number of aromatic nitrogens is 2. The van der Waals surface area contributed by atoms with Crippen molar-refractivity contribution in [3.8, 4) is 0 Å². The molecule has 0 saturated carbocycles. The number of aliphatic hydroxyl groups excluding tert-OH is 1. The van der Waals surface area contributed by atoms with Crippen molar-refractivity contribution in [2.24, 2.45) is 0 Å². The monoisotopic (exact) mass is 317 g/mol. The number of fused-ring (bicyclic) bond motifs is 1. The van der Waals surface area contributed by atoms with Crippen LogP contribution in [0.2, 0.25) is 5.02 Å². The van der Waals surface area contributed by atoms with Gasteiger partial charge in [0.05, 0.1) is 16.5 Å². The minimum atomic E-state index is -3.67. The van der Waals surface area contributed by atoms with Crippen molar-refractivity contribution >= 4 is 32.7 Å². The molecule has 6 nitrogen and oxygen atoms in total. The van der Waals surface area contributed by atoms with Crippen LogP contribution >= 0.6 is 11.6 Å². The molecule has 1 unspecified atom stereocenters. The maximum Gasteiger partial charge on any atom is 0.245 e. The van der Waals surface area contributed by atoms with Crippen LogP contribution in [0.4, 0.5) is 0 Å². The highest BCUT2D eigenvalue weighted by atomic mass is 35.5. The largest absolute Gasteiger partial charge is 0.393 e. The van der Waals surface area contributed by atoms with Crippen LogP contribution in [0, 0.1) is 0 Å². The second-order valence-corrected chi connectivity index (χ2v) is 7.05. The zero-order valence-corrected chi connectivity index (χ0v) is 12.7. The first-order valence-corrected chi connectivity index (χ1v) is 7.92. The summed E-state index contributed by atoms with van der Waals surface area (Å²) in [7, 11) is -2.20. The molecule has 0 bridgehead atoms. The van der Waals surface area contributed by atoms with Gasteiger partial charge in [0.15, 0.2) is 0 Å². The number of pyridine rings is 1. The maximum atomic E-state index is 12.5. The summed E-state index contributed by atoms with van der Waals surface area (Å²) in [4.78, 5) is 6.95. The van der Waals surface area contributed by atoms with E-state index in [9.17, 15) is 13.5 Å². The van der Waals surface area contributed by atoms with Crippen LogP contribution in [0.1, 0.15) is 13.3 Å². The lowest BCUT2D eigenvalue weighted by molar-refractivity contribution is 0.177. The molecule has 110 valence electrons. The summed E-state index contributed by atoms with van der Waals surface area (Å²) in [6.45, 7) is 1.84. The molecule has 2 N–H and O–H groups in total. The van der Waals surface area contributed by atoms with Crippen molar-refractivity contribution in [3.05, 3.63) is 23.5 Å². The molecule has 2 heterocycles. The van der Waals surface area contributed by atoms with Gasteiger partial charge in [-0.3, -0.25) is 0 Å². The number of sulfonamides is 1. The van der Waals surface area contributed by atoms with Crippen LogP contribution in [-0.4, -0.2) is 47.5 Å². The number of H-pyrrole nitrogens is 1. The molecule has 0 aliphatic heterocycles. The predicted octanol–water partition coefficient (Wildman–Crippen LogP) is 1.61. The fourth-order valence-corrected chi connectivity index (χ4v) is 3.51. The van der Waals surface area contributed by atoms with Crippen molar-refractivity contribution in [1.82, 2.24) is 14.3 Å². The van der Waals surface area contributed by atoms with Gasteiger partial charge < -0.3 is 10.1 Å². The van der Waals surface area contributed by atoms with Gasteiger partial charge in [-0.05, 0) is 19.4 Å². The lowest BCUT2D eigenvalue weighted by atomic mass is 10.3. The smallest absolute Gasteiger partial charge is 0.245 e. The van der Waals surface area contributed by atoms with Crippen LogP contribution in [-0.2, 0) is 10.0 Å². The lowest BCUT2D eigenvalue weighted by Gasteiger charge is -2.17. The molecular formula is C12H16ClN3O3S. The molecule has 0 aliphatic carbocycles. The third kappa shape index (κ3) is 2.80. The summed E-state index contributed by atoms with van der Waals surface area (Å²) < 4.78 is 26.2. The third-order valence-electron chi connectivity index (χ3n) is 3.04. The van der Waals surface area contributed by atoms with E-state index in [-0.39, 0.29) is 11.4 Å². The number of aromatic amines is 1. The molecule has 2 rings (SSSR count). The van der Waals surface area contributed by atoms with E-state index in [1.807, 2.05) is 0 Å². The van der Waals surface area contributed by atoms with Gasteiger partial charge >= 0.3 is 0 Å². The number of rotatable bonds is 5. The molecule has 0 aliphatic rings. The van der Waals surface area contributed by atoms with Crippen molar-refractivity contribution in [3.63, 3.8) is 0 Å². The molecule has 0 radical (unpaired) electrons. The SMILES string of the molecule is CC(O)CCN(C)S(=O)(=O)c1c[nH]c2nccc(Cl)c12. The summed E-state index contributed by atoms with van der Waals surface area (Å²) in [5.41, 5.74) is 0.431. The second-order valence-electron chi connectivity index (χ2n) is 4.63. The number of aliphatic hydroxyl groups is 1. The first-order valence-electron chi connectivity index (χ1n) is 6.10. The van der Waals surface area contributed by atoms with Crippen LogP contribution < -0.4 is 0 Å². The van der Waals surface area contributed by atoms with Crippen LogP contribution in [0.5, 0.6) is 0 Å². The van der Waals surface area contributed by atoms with E-state index >= 15 is 0 Å². The maximum absolute atomic E-state index is 12.5. The highest BCUT2D eigenvalue weighted by molar-refractivity contribution is 7.89. The van der Waals surface area contributed by atoms with Gasteiger partial charge in [0.25, 0.3) is 0 Å². The van der Waals surface area contributed by atoms with Gasteiger partial charge in [0, 0.05) is 26.0 Å². The molecule has 1 atom stereocenters. The zero-order valence-electron chi connectivity index (χ0n) is 11.2. The van der Waals surface area contributed by atoms with Gasteiger partial charge in [0.1, 0.15) is 10.5 Å². The Labute approximate surface area is 122 Å². The van der Waals surface area contributed by atoms with Gasteiger partial charge in [-0.1, -0.05) is 11.6 Å². The third-order valence-corrected chi connectivity index (χ3v) is 5.23. The Morgan fingerprint density at radius 3 is 2.90 bits per heavy atom. The predicted molar refractivity (Wildman–Crippen MR) is 77.2 cm³/mol. The van der Waals surface area contributed by atoms with E-state index in [0.29, 0.717) is 22.5 Å². The molecule has 0 aromatic carbocycles. The summed E-state index contributed by atoms with van der Waals surface area (Å²) in [5, 5.41) is 9.97. The molecule has 20 heavy (non-hydrogen) atoms. The highest BCUT2D eigenvalue weighted by Gasteiger charge is 2.25. The molecule has 0 fully saturated rings. The average Bonchev–Trinajstić information content (AvgIpc) is 2.81. The van der Waals surface area contributed by atoms with Gasteiger partial charge in [-0.2, -0.15) is 0 Å². The Kier molecular flexibility index (Phi) is 4.33. The van der Waals surface area contributed by atoms with Crippen molar-refractivity contribution in [2.75, 3.05) is 13.6 Å². The summed E-state index contributed by atoms with van der Waals surface area (Å²) >= 11 is 6.06. The van der Waals surface area contributed by atoms with Crippen LogP contribution in [0.25, 0.3) is 11.0 Å². The van der Waals surface area contributed by atoms with E-state index < -0.39 is 16.1 Å². The first-order chi connectivity index (χ1) is 9.34. The van der Waals surface area contributed by atoms with Gasteiger partial charge in [0.2, 0.25) is 10.0 Å². The van der Waals surface area contributed by atoms with Crippen molar-refractivity contribution < 1.29 is 13.5 Å². The summed E-state index contributed by atoms with van der Waals surface area (Å²) in [6.07, 6.45) is 2.71. The molecular weight excluding hydrogens is 302 g/mol. The second kappa shape index (κ2) is 5.69. The fourth-order valence-electron chi connectivity index (χ4n) is 1.85. The van der Waals surface area contributed by atoms with E-state index in [2.05, 4.69) is 9.97 Å². The lowest BCUT2D eigenvalue weighted by Crippen LogP contribution is -2.29. The Hall–Kier alpha value is -1.15. The zero-order chi connectivity index (χ0) is 14.9. The van der Waals surface area contributed by atoms with Gasteiger partial charge in [-0.15, -0.1) is 0 Å². The van der Waals surface area contributed by atoms with Crippen molar-refractivity contribution in [2.45, 2.75) is 24.3 Å². The topological polar surface area (TPSA) is 86.3 Å². The van der Waals surface area contributed by atoms with E-state index in [1.54, 1.807) is 13.0 Å². The number of hydrogen-bond donors (Lipinski definition) is 2. The normalized spacial score (nSPS) is 14.1. The molecule has 2 aromatic heterocycles. The number of nitrogens with one attached hydrogen (secondary N) is 1. The molecule has 0 saturated heterocycles. The minimum Gasteiger partial charge on any atom is -0.393 e. The van der Waals surface area contributed by atoms with E-state index in [1.165, 1.54) is 23.7 Å². The first kappa shape index (κ1) is 15.2. The molecule has 0 amide bonds. The highest BCUT2D eigenvalue weighted by Crippen LogP contribution is 2.29. The number of hydrogen-bond acceptors (Lipinski definition) is 4. The molecule has 0 spiro atoms. The Morgan fingerprint density at radius 1 is 1.55 bits per heavy atom. The standard InChI is InChI=1S/C12H16ClN3O3S/c1-8(17)4-6-16(2)20(18,19)10-7-15-12-11(10)9(13)3-5-14-12/h3,5,7-8,17H,4,6H2,1-2H3,(H,14,15). The van der Waals surface area contributed by atoms with Crippen LogP contribution in [0.3, 0.4) is 0 Å². The van der Waals surface area contributed by atoms with E-state index in [4.69, 9.17) is 11.6 Å². The quantitative estimate of drug-likeness (QED) is 0.877. The number of nitrogens with zero attached hydrogens (tertiary/aromatic N) is 2. The average molecular weight is 318 g/mol. The minimum absolute atomic E-state index is 0.0960. The van der Waals surface area contributed by atoms with E-state index in [0.717, 1.165) is 0 Å². The Balaban J connectivity index is 2.42. The fraction of sp³-hybridized carbons (Fsp3) is 0.417. The van der Waals surface area contributed by atoms with Crippen LogP contribution in [0.15, 0.2) is 23.4 Å². The summed E-state index contributed by atoms with van der Waals surface area (Å²) in [6, 6.07) is 1.55. The van der Waals surface area contributed by atoms with Gasteiger partial charge in [-0.25, -0.2) is 17.7 Å². The van der Waals surface area contributed by atoms with Crippen molar-refractivity contribution in [1.29, 1.82) is 0 Å². The molecule has 2 aromatic rings. The summed E-state index contributed by atoms with van der Waals surface area (Å²) in [5.74, 6) is 0. The Bertz CT molecular complexity index is 712. The Morgan fingerprint density at radius 2 is 2.25 bits per heavy atom.